The van der Waals surface area contributed by atoms with Crippen LogP contribution in [0.2, 0.25) is 0 Å². The standard InChI is InChI=1S/C13H17N5O/c1-2-3-9-14-13(19)12(18-10-15-16-17-18)11-7-5-4-6-8-11/h4-8,10,12H,2-3,9H2,1H3,(H,14,19). The molecule has 1 atom stereocenters. The molecule has 0 spiro atoms. The van der Waals surface area contributed by atoms with E-state index in [0.717, 1.165) is 18.4 Å². The molecule has 1 aromatic carbocycles. The van der Waals surface area contributed by atoms with Gasteiger partial charge in [0.2, 0.25) is 5.91 Å². The molecule has 2 aromatic rings. The van der Waals surface area contributed by atoms with E-state index in [2.05, 4.69) is 27.8 Å². The zero-order valence-electron chi connectivity index (χ0n) is 10.9. The molecule has 0 saturated carbocycles. The van der Waals surface area contributed by atoms with E-state index in [1.54, 1.807) is 0 Å². The molecule has 0 aliphatic carbocycles. The number of carbonyl (C=O) groups is 1. The van der Waals surface area contributed by atoms with E-state index in [0.29, 0.717) is 6.54 Å². The normalized spacial score (nSPS) is 12.1. The predicted octanol–water partition coefficient (Wildman–Crippen LogP) is 1.18. The van der Waals surface area contributed by atoms with Gasteiger partial charge >= 0.3 is 0 Å². The van der Waals surface area contributed by atoms with Crippen LogP contribution in [-0.2, 0) is 4.79 Å². The van der Waals surface area contributed by atoms with Crippen LogP contribution in [0.15, 0.2) is 36.7 Å². The number of nitrogens with zero attached hydrogens (tertiary/aromatic N) is 4. The van der Waals surface area contributed by atoms with Gasteiger partial charge in [-0.25, -0.2) is 4.68 Å². The number of benzene rings is 1. The lowest BCUT2D eigenvalue weighted by Crippen LogP contribution is -2.34. The Morgan fingerprint density at radius 1 is 1.37 bits per heavy atom. The number of carbonyl (C=O) groups excluding carboxylic acids is 1. The monoisotopic (exact) mass is 259 g/mol. The lowest BCUT2D eigenvalue weighted by atomic mass is 10.1. The molecule has 0 fully saturated rings. The van der Waals surface area contributed by atoms with E-state index in [-0.39, 0.29) is 5.91 Å². The smallest absolute Gasteiger partial charge is 0.249 e. The van der Waals surface area contributed by atoms with Crippen molar-refractivity contribution < 1.29 is 4.79 Å². The fraction of sp³-hybridized carbons (Fsp3) is 0.385. The second-order valence-electron chi connectivity index (χ2n) is 4.25. The quantitative estimate of drug-likeness (QED) is 0.791. The number of rotatable bonds is 6. The summed E-state index contributed by atoms with van der Waals surface area (Å²) >= 11 is 0. The molecule has 6 heteroatoms. The third-order valence-corrected chi connectivity index (χ3v) is 2.82. The average molecular weight is 259 g/mol. The first kappa shape index (κ1) is 13.2. The molecule has 100 valence electrons. The van der Waals surface area contributed by atoms with E-state index in [1.807, 2.05) is 30.3 Å². The van der Waals surface area contributed by atoms with Gasteiger partial charge in [-0.3, -0.25) is 4.79 Å². The second kappa shape index (κ2) is 6.63. The van der Waals surface area contributed by atoms with E-state index < -0.39 is 6.04 Å². The van der Waals surface area contributed by atoms with Crippen molar-refractivity contribution in [2.24, 2.45) is 0 Å². The van der Waals surface area contributed by atoms with Crippen LogP contribution < -0.4 is 5.32 Å². The van der Waals surface area contributed by atoms with Gasteiger partial charge in [0.15, 0.2) is 6.04 Å². The van der Waals surface area contributed by atoms with Gasteiger partial charge < -0.3 is 5.32 Å². The van der Waals surface area contributed by atoms with E-state index in [4.69, 9.17) is 0 Å². The molecule has 19 heavy (non-hydrogen) atoms. The second-order valence-corrected chi connectivity index (χ2v) is 4.25. The number of tetrazole rings is 1. The van der Waals surface area contributed by atoms with Crippen LogP contribution in [0.25, 0.3) is 0 Å². The fourth-order valence-electron chi connectivity index (χ4n) is 1.83. The van der Waals surface area contributed by atoms with Gasteiger partial charge in [0, 0.05) is 6.54 Å². The van der Waals surface area contributed by atoms with Gasteiger partial charge in [-0.2, -0.15) is 0 Å². The Morgan fingerprint density at radius 3 is 2.79 bits per heavy atom. The van der Waals surface area contributed by atoms with Crippen LogP contribution in [0, 0.1) is 0 Å². The Balaban J connectivity index is 2.18. The Bertz CT molecular complexity index is 497. The Morgan fingerprint density at radius 2 is 2.16 bits per heavy atom. The topological polar surface area (TPSA) is 72.7 Å². The van der Waals surface area contributed by atoms with Crippen LogP contribution >= 0.6 is 0 Å². The minimum absolute atomic E-state index is 0.0908. The summed E-state index contributed by atoms with van der Waals surface area (Å²) < 4.78 is 1.47. The van der Waals surface area contributed by atoms with Crippen LogP contribution in [0.5, 0.6) is 0 Å². The third-order valence-electron chi connectivity index (χ3n) is 2.82. The van der Waals surface area contributed by atoms with Crippen molar-refractivity contribution >= 4 is 5.91 Å². The predicted molar refractivity (Wildman–Crippen MR) is 70.3 cm³/mol. The number of hydrogen-bond donors (Lipinski definition) is 1. The molecule has 0 aliphatic rings. The van der Waals surface area contributed by atoms with Gasteiger partial charge in [-0.15, -0.1) is 5.10 Å². The van der Waals surface area contributed by atoms with E-state index in [9.17, 15) is 4.79 Å². The Kier molecular flexibility index (Phi) is 4.60. The molecule has 1 heterocycles. The van der Waals surface area contributed by atoms with Crippen molar-refractivity contribution in [3.05, 3.63) is 42.2 Å². The van der Waals surface area contributed by atoms with Gasteiger partial charge in [0.05, 0.1) is 0 Å². The highest BCUT2D eigenvalue weighted by atomic mass is 16.2. The molecule has 1 aromatic heterocycles. The van der Waals surface area contributed by atoms with Gasteiger partial charge in [-0.05, 0) is 22.4 Å². The lowest BCUT2D eigenvalue weighted by Gasteiger charge is -2.16. The largest absolute Gasteiger partial charge is 0.354 e. The molecule has 0 aliphatic heterocycles. The van der Waals surface area contributed by atoms with E-state index in [1.165, 1.54) is 11.0 Å². The SMILES string of the molecule is CCCCNC(=O)C(c1ccccc1)n1cnnn1. The van der Waals surface area contributed by atoms with Crippen LogP contribution in [0.3, 0.4) is 0 Å². The zero-order valence-corrected chi connectivity index (χ0v) is 10.9. The number of unbranched alkanes of at least 4 members (excludes halogenated alkanes) is 1. The van der Waals surface area contributed by atoms with E-state index >= 15 is 0 Å². The maximum absolute atomic E-state index is 12.3. The van der Waals surface area contributed by atoms with Gasteiger partial charge in [-0.1, -0.05) is 43.7 Å². The van der Waals surface area contributed by atoms with Crippen molar-refractivity contribution in [3.8, 4) is 0 Å². The molecule has 0 saturated heterocycles. The summed E-state index contributed by atoms with van der Waals surface area (Å²) in [6.45, 7) is 2.75. The minimum Gasteiger partial charge on any atom is -0.354 e. The summed E-state index contributed by atoms with van der Waals surface area (Å²) in [6, 6.07) is 8.97. The first-order valence-corrected chi connectivity index (χ1v) is 6.38. The van der Waals surface area contributed by atoms with Crippen molar-refractivity contribution in [2.45, 2.75) is 25.8 Å². The number of amides is 1. The maximum atomic E-state index is 12.3. The summed E-state index contributed by atoms with van der Waals surface area (Å²) in [4.78, 5) is 12.3. The average Bonchev–Trinajstić information content (AvgIpc) is 2.94. The van der Waals surface area contributed by atoms with Crippen molar-refractivity contribution in [3.63, 3.8) is 0 Å². The first-order chi connectivity index (χ1) is 9.33. The molecular formula is C13H17N5O. The molecule has 0 radical (unpaired) electrons. The summed E-state index contributed by atoms with van der Waals surface area (Å²) in [5, 5.41) is 14.0. The Hall–Kier alpha value is -2.24. The van der Waals surface area contributed by atoms with Crippen LogP contribution in [0.1, 0.15) is 31.4 Å². The minimum atomic E-state index is -0.520. The molecule has 1 N–H and O–H groups in total. The van der Waals surface area contributed by atoms with Crippen molar-refractivity contribution in [1.82, 2.24) is 25.5 Å². The van der Waals surface area contributed by atoms with Gasteiger partial charge in [0.25, 0.3) is 0 Å². The maximum Gasteiger partial charge on any atom is 0.249 e. The van der Waals surface area contributed by atoms with Crippen molar-refractivity contribution in [2.75, 3.05) is 6.54 Å². The summed E-state index contributed by atoms with van der Waals surface area (Å²) in [5.41, 5.74) is 0.865. The highest BCUT2D eigenvalue weighted by Gasteiger charge is 2.23. The van der Waals surface area contributed by atoms with Crippen molar-refractivity contribution in [1.29, 1.82) is 0 Å². The molecule has 6 nitrogen and oxygen atoms in total. The number of nitrogens with one attached hydrogen (secondary N) is 1. The highest BCUT2D eigenvalue weighted by molar-refractivity contribution is 5.83. The molecule has 2 rings (SSSR count). The zero-order chi connectivity index (χ0) is 13.5. The summed E-state index contributed by atoms with van der Waals surface area (Å²) in [6.07, 6.45) is 3.46. The van der Waals surface area contributed by atoms with Crippen LogP contribution in [-0.4, -0.2) is 32.7 Å². The molecule has 1 amide bonds. The first-order valence-electron chi connectivity index (χ1n) is 6.38. The molecular weight excluding hydrogens is 242 g/mol. The molecule has 1 unspecified atom stereocenters. The van der Waals surface area contributed by atoms with Gasteiger partial charge in [0.1, 0.15) is 6.33 Å². The third kappa shape index (κ3) is 3.37. The summed E-state index contributed by atoms with van der Waals surface area (Å²) in [7, 11) is 0. The highest BCUT2D eigenvalue weighted by Crippen LogP contribution is 2.16. The lowest BCUT2D eigenvalue weighted by molar-refractivity contribution is -0.123. The Labute approximate surface area is 111 Å². The number of aromatic nitrogens is 4. The molecule has 0 bridgehead atoms. The summed E-state index contributed by atoms with van der Waals surface area (Å²) in [5.74, 6) is -0.0908. The fourth-order valence-corrected chi connectivity index (χ4v) is 1.83. The number of hydrogen-bond acceptors (Lipinski definition) is 4. The van der Waals surface area contributed by atoms with Crippen LogP contribution in [0.4, 0.5) is 0 Å².